The number of hydrogen-bond acceptors (Lipinski definition) is 1. The van der Waals surface area contributed by atoms with Gasteiger partial charge in [-0.05, 0) is 94.2 Å². The molecule has 1 nitrogen and oxygen atoms in total. The minimum atomic E-state index is 0. The van der Waals surface area contributed by atoms with Crippen molar-refractivity contribution in [1.82, 2.24) is 4.90 Å². The SMILES string of the molecule is C1CC2CC1CC2PC1CC2CCC1C2.C1CCCC1.CN(C)CC1[CH-]CCC1.[Cl][Pd+].[Fe]. The first-order chi connectivity index (χ1) is 15.2. The zero-order valence-electron chi connectivity index (χ0n) is 20.6. The van der Waals surface area contributed by atoms with E-state index < -0.39 is 0 Å². The average Bonchev–Trinajstić information content (AvgIpc) is 3.61. The van der Waals surface area contributed by atoms with E-state index in [9.17, 15) is 0 Å². The van der Waals surface area contributed by atoms with Gasteiger partial charge < -0.3 is 11.3 Å². The molecule has 0 amide bonds. The Labute approximate surface area is 227 Å². The molecular weight excluding hydrogens is 567 g/mol. The molecule has 32 heavy (non-hydrogen) atoms. The number of hydrogen-bond donors (Lipinski definition) is 0. The third kappa shape index (κ3) is 9.72. The molecule has 0 spiro atoms. The van der Waals surface area contributed by atoms with Gasteiger partial charge in [0, 0.05) is 17.1 Å². The third-order valence-electron chi connectivity index (χ3n) is 9.03. The summed E-state index contributed by atoms with van der Waals surface area (Å²) in [5.41, 5.74) is 2.40. The van der Waals surface area contributed by atoms with Gasteiger partial charge in [0.1, 0.15) is 0 Å². The molecule has 0 aromatic carbocycles. The molecule has 6 rings (SSSR count). The number of nitrogens with zero attached hydrogens (tertiary/aromatic N) is 1. The fourth-order valence-electron chi connectivity index (χ4n) is 7.54. The largest absolute Gasteiger partial charge is 0 e. The fraction of sp³-hybridized carbons (Fsp3) is 0.963. The van der Waals surface area contributed by atoms with Crippen molar-refractivity contribution >= 4 is 18.1 Å². The van der Waals surface area contributed by atoms with Crippen molar-refractivity contribution in [1.29, 1.82) is 0 Å². The second-order valence-electron chi connectivity index (χ2n) is 11.7. The van der Waals surface area contributed by atoms with Crippen LogP contribution in [0, 0.1) is 36.0 Å². The summed E-state index contributed by atoms with van der Waals surface area (Å²) >= 11 is 2.22. The van der Waals surface area contributed by atoms with Gasteiger partial charge >= 0.3 is 27.7 Å². The maximum absolute atomic E-state index is 4.49. The van der Waals surface area contributed by atoms with Gasteiger partial charge in [-0.3, -0.25) is 0 Å². The standard InChI is InChI=1S/C14H23P.C8H16N.C5H10.ClH.Fe.Pd/c1-3-11-5-9(1)7-13(11)15-14-8-10-2-4-12(14)6-10;1-9(2)7-8-5-3-4-6-8;1-2-4-5-3-1;;;/h9-15H,1-8H2;5,8H,3-4,6-7H2,1-2H3;1-5H2;1H;;/q;-1;;;;+2/p-1. The van der Waals surface area contributed by atoms with Crippen LogP contribution in [0.3, 0.4) is 0 Å². The van der Waals surface area contributed by atoms with E-state index in [1.165, 1.54) is 101 Å². The molecule has 0 aromatic heterocycles. The van der Waals surface area contributed by atoms with Crippen molar-refractivity contribution in [3.63, 3.8) is 0 Å². The maximum atomic E-state index is 4.49. The van der Waals surface area contributed by atoms with Gasteiger partial charge in [0.2, 0.25) is 0 Å². The van der Waals surface area contributed by atoms with Crippen LogP contribution in [0.5, 0.6) is 0 Å². The van der Waals surface area contributed by atoms with Crippen LogP contribution in [0.2, 0.25) is 0 Å². The second kappa shape index (κ2) is 16.6. The molecule has 6 aliphatic carbocycles. The van der Waals surface area contributed by atoms with Crippen LogP contribution >= 0.6 is 18.1 Å². The minimum absolute atomic E-state index is 0. The minimum Gasteiger partial charge on any atom is 0 e. The normalized spacial score (nSPS) is 38.8. The van der Waals surface area contributed by atoms with Crippen molar-refractivity contribution in [3.05, 3.63) is 6.42 Å². The molecule has 0 heterocycles. The number of rotatable bonds is 4. The molecule has 6 fully saturated rings. The molecule has 0 radical (unpaired) electrons. The van der Waals surface area contributed by atoms with Gasteiger partial charge in [-0.15, -0.1) is 8.58 Å². The van der Waals surface area contributed by atoms with E-state index >= 15 is 0 Å². The molecule has 0 N–H and O–H groups in total. The van der Waals surface area contributed by atoms with Crippen LogP contribution in [0.1, 0.15) is 103 Å². The Hall–Kier alpha value is 1.86. The Kier molecular flexibility index (Phi) is 15.6. The molecule has 7 unspecified atom stereocenters. The predicted molar refractivity (Wildman–Crippen MR) is 136 cm³/mol. The Morgan fingerprint density at radius 1 is 0.750 bits per heavy atom. The van der Waals surface area contributed by atoms with Crippen LogP contribution in [0.4, 0.5) is 0 Å². The molecule has 6 saturated carbocycles. The first-order valence-corrected chi connectivity index (χ1v) is 16.7. The van der Waals surface area contributed by atoms with Crippen LogP contribution in [0.25, 0.3) is 0 Å². The first kappa shape index (κ1) is 30.1. The average molecular weight is 616 g/mol. The molecule has 0 saturated heterocycles. The van der Waals surface area contributed by atoms with Crippen molar-refractivity contribution in [2.75, 3.05) is 20.6 Å². The van der Waals surface area contributed by atoms with E-state index in [2.05, 4.69) is 53.1 Å². The van der Waals surface area contributed by atoms with Crippen LogP contribution < -0.4 is 0 Å². The monoisotopic (exact) mass is 615 g/mol. The van der Waals surface area contributed by atoms with Crippen molar-refractivity contribution in [3.8, 4) is 0 Å². The molecule has 192 valence electrons. The maximum Gasteiger partial charge on any atom is 0 e. The number of fused-ring (bicyclic) bond motifs is 4. The van der Waals surface area contributed by atoms with Gasteiger partial charge in [0.25, 0.3) is 0 Å². The Bertz CT molecular complexity index is 453. The summed E-state index contributed by atoms with van der Waals surface area (Å²) in [6.07, 6.45) is 27.0. The Morgan fingerprint density at radius 3 is 1.56 bits per heavy atom. The summed E-state index contributed by atoms with van der Waals surface area (Å²) in [7, 11) is 10.2. The fourth-order valence-corrected chi connectivity index (χ4v) is 10.2. The molecule has 0 aliphatic heterocycles. The van der Waals surface area contributed by atoms with Gasteiger partial charge in [-0.25, -0.2) is 0 Å². The van der Waals surface area contributed by atoms with Gasteiger partial charge in [0.05, 0.1) is 0 Å². The van der Waals surface area contributed by atoms with Crippen LogP contribution in [-0.2, 0) is 35.2 Å². The predicted octanol–water partition coefficient (Wildman–Crippen LogP) is 8.23. The summed E-state index contributed by atoms with van der Waals surface area (Å²) in [6, 6.07) is 0. The second-order valence-corrected chi connectivity index (χ2v) is 13.5. The van der Waals surface area contributed by atoms with E-state index in [0.717, 1.165) is 5.92 Å². The first-order valence-electron chi connectivity index (χ1n) is 13.5. The van der Waals surface area contributed by atoms with E-state index in [-0.39, 0.29) is 17.1 Å². The van der Waals surface area contributed by atoms with Crippen molar-refractivity contribution in [2.24, 2.45) is 29.6 Å². The summed E-state index contributed by atoms with van der Waals surface area (Å²) in [6.45, 7) is 1.25. The molecule has 5 heteroatoms. The Morgan fingerprint density at radius 2 is 1.25 bits per heavy atom. The molecule has 0 aromatic rings. The van der Waals surface area contributed by atoms with Crippen molar-refractivity contribution in [2.45, 2.75) is 114 Å². The smallest absolute Gasteiger partial charge is 0 e. The van der Waals surface area contributed by atoms with E-state index in [0.29, 0.717) is 0 Å². The van der Waals surface area contributed by atoms with Crippen LogP contribution in [-0.4, -0.2) is 36.9 Å². The Balaban J connectivity index is 0.000000184. The van der Waals surface area contributed by atoms with E-state index in [1.807, 2.05) is 0 Å². The molecule has 4 bridgehead atoms. The summed E-state index contributed by atoms with van der Waals surface area (Å²) in [5, 5.41) is 0. The molecular formula is C27H49ClFeNPPd. The van der Waals surface area contributed by atoms with Gasteiger partial charge in [0.15, 0.2) is 0 Å². The van der Waals surface area contributed by atoms with Gasteiger partial charge in [-0.2, -0.15) is 12.3 Å². The third-order valence-corrected chi connectivity index (χ3v) is 11.3. The summed E-state index contributed by atoms with van der Waals surface area (Å²) in [5.74, 6) is 5.61. The summed E-state index contributed by atoms with van der Waals surface area (Å²) in [4.78, 5) is 2.27. The summed E-state index contributed by atoms with van der Waals surface area (Å²) < 4.78 is 0. The zero-order chi connectivity index (χ0) is 22.1. The van der Waals surface area contributed by atoms with Crippen LogP contribution in [0.15, 0.2) is 0 Å². The number of halogens is 1. The van der Waals surface area contributed by atoms with E-state index in [4.69, 9.17) is 0 Å². The van der Waals surface area contributed by atoms with E-state index in [1.54, 1.807) is 51.4 Å². The molecule has 6 aliphatic rings. The topological polar surface area (TPSA) is 3.24 Å². The molecule has 7 atom stereocenters. The quantitative estimate of drug-likeness (QED) is 0.175. The zero-order valence-corrected chi connectivity index (χ0v) is 25.0. The van der Waals surface area contributed by atoms with Crippen molar-refractivity contribution < 1.29 is 35.2 Å². The van der Waals surface area contributed by atoms with Gasteiger partial charge in [-0.1, -0.05) is 57.8 Å².